The van der Waals surface area contributed by atoms with Gasteiger partial charge in [-0.1, -0.05) is 63.2 Å². The van der Waals surface area contributed by atoms with Crippen LogP contribution >= 0.6 is 0 Å². The van der Waals surface area contributed by atoms with E-state index in [2.05, 4.69) is 99.1 Å². The Morgan fingerprint density at radius 3 is 2.00 bits per heavy atom. The number of anilines is 1. The minimum atomic E-state index is 0.224. The van der Waals surface area contributed by atoms with E-state index in [-0.39, 0.29) is 5.41 Å². The molecule has 0 bridgehead atoms. The molecule has 0 aliphatic rings. The first-order chi connectivity index (χ1) is 11.4. The Morgan fingerprint density at radius 2 is 1.46 bits per heavy atom. The van der Waals surface area contributed by atoms with Crippen molar-refractivity contribution in [3.8, 4) is 0 Å². The highest BCUT2D eigenvalue weighted by Gasteiger charge is 2.13. The van der Waals surface area contributed by atoms with Crippen molar-refractivity contribution in [3.63, 3.8) is 0 Å². The standard InChI is InChI=1S/C22H32N2/c1-6-24(21-10-8-7-9-11-21)17-16-23(5)18-19-12-14-20(15-13-19)22(2,3)4/h7-15H,6,16-18H2,1-5H3. The Kier molecular flexibility index (Phi) is 6.44. The van der Waals surface area contributed by atoms with Gasteiger partial charge in [-0.2, -0.15) is 0 Å². The molecule has 0 saturated carbocycles. The third-order valence-electron chi connectivity index (χ3n) is 4.53. The maximum atomic E-state index is 2.43. The van der Waals surface area contributed by atoms with E-state index in [1.165, 1.54) is 16.8 Å². The van der Waals surface area contributed by atoms with E-state index in [1.54, 1.807) is 0 Å². The van der Waals surface area contributed by atoms with Crippen molar-refractivity contribution in [2.75, 3.05) is 31.6 Å². The Labute approximate surface area is 148 Å². The Balaban J connectivity index is 1.87. The molecule has 2 aromatic rings. The van der Waals surface area contributed by atoms with Gasteiger partial charge in [-0.25, -0.2) is 0 Å². The number of hydrogen-bond donors (Lipinski definition) is 0. The molecule has 0 spiro atoms. The molecule has 0 amide bonds. The molecule has 130 valence electrons. The average molecular weight is 325 g/mol. The van der Waals surface area contributed by atoms with E-state index in [0.29, 0.717) is 0 Å². The maximum absolute atomic E-state index is 2.43. The van der Waals surface area contributed by atoms with E-state index in [4.69, 9.17) is 0 Å². The minimum Gasteiger partial charge on any atom is -0.371 e. The molecule has 0 radical (unpaired) electrons. The molecule has 0 fully saturated rings. The number of nitrogens with zero attached hydrogens (tertiary/aromatic N) is 2. The molecule has 2 aromatic carbocycles. The van der Waals surface area contributed by atoms with E-state index in [1.807, 2.05) is 0 Å². The summed E-state index contributed by atoms with van der Waals surface area (Å²) in [6, 6.07) is 19.7. The van der Waals surface area contributed by atoms with Gasteiger partial charge in [-0.15, -0.1) is 0 Å². The van der Waals surface area contributed by atoms with Gasteiger partial charge in [0.05, 0.1) is 0 Å². The zero-order chi connectivity index (χ0) is 17.6. The highest BCUT2D eigenvalue weighted by molar-refractivity contribution is 5.45. The first-order valence-electron chi connectivity index (χ1n) is 8.98. The molecular formula is C22H32N2. The molecule has 0 heterocycles. The Hall–Kier alpha value is -1.80. The summed E-state index contributed by atoms with van der Waals surface area (Å²) in [5.74, 6) is 0. The van der Waals surface area contributed by atoms with Gasteiger partial charge >= 0.3 is 0 Å². The lowest BCUT2D eigenvalue weighted by Crippen LogP contribution is -2.33. The fourth-order valence-electron chi connectivity index (χ4n) is 2.90. The second-order valence-corrected chi connectivity index (χ2v) is 7.60. The molecular weight excluding hydrogens is 292 g/mol. The molecule has 2 nitrogen and oxygen atoms in total. The molecule has 0 atom stereocenters. The molecule has 2 heteroatoms. The van der Waals surface area contributed by atoms with Gasteiger partial charge in [0, 0.05) is 31.9 Å². The first-order valence-corrected chi connectivity index (χ1v) is 8.98. The van der Waals surface area contributed by atoms with Gasteiger partial charge in [-0.3, -0.25) is 0 Å². The van der Waals surface area contributed by atoms with E-state index in [0.717, 1.165) is 26.2 Å². The smallest absolute Gasteiger partial charge is 0.0366 e. The van der Waals surface area contributed by atoms with Crippen molar-refractivity contribution in [3.05, 3.63) is 65.7 Å². The van der Waals surface area contributed by atoms with Gasteiger partial charge in [0.25, 0.3) is 0 Å². The van der Waals surface area contributed by atoms with Crippen molar-refractivity contribution >= 4 is 5.69 Å². The van der Waals surface area contributed by atoms with Crippen LogP contribution < -0.4 is 4.90 Å². The van der Waals surface area contributed by atoms with Gasteiger partial charge < -0.3 is 9.80 Å². The Morgan fingerprint density at radius 1 is 0.833 bits per heavy atom. The van der Waals surface area contributed by atoms with E-state index in [9.17, 15) is 0 Å². The van der Waals surface area contributed by atoms with Gasteiger partial charge in [-0.05, 0) is 42.6 Å². The van der Waals surface area contributed by atoms with E-state index < -0.39 is 0 Å². The summed E-state index contributed by atoms with van der Waals surface area (Å²) in [4.78, 5) is 4.83. The number of benzene rings is 2. The van der Waals surface area contributed by atoms with Gasteiger partial charge in [0.2, 0.25) is 0 Å². The fraction of sp³-hybridized carbons (Fsp3) is 0.455. The molecule has 24 heavy (non-hydrogen) atoms. The SMILES string of the molecule is CCN(CCN(C)Cc1ccc(C(C)(C)C)cc1)c1ccccc1. The third-order valence-corrected chi connectivity index (χ3v) is 4.53. The lowest BCUT2D eigenvalue weighted by molar-refractivity contribution is 0.333. The summed E-state index contributed by atoms with van der Waals surface area (Å²) < 4.78 is 0. The van der Waals surface area contributed by atoms with Crippen LogP contribution in [0.5, 0.6) is 0 Å². The summed E-state index contributed by atoms with van der Waals surface area (Å²) in [6.07, 6.45) is 0. The first kappa shape index (κ1) is 18.5. The van der Waals surface area contributed by atoms with Crippen LogP contribution in [0.25, 0.3) is 0 Å². The average Bonchev–Trinajstić information content (AvgIpc) is 2.56. The summed E-state index contributed by atoms with van der Waals surface area (Å²) in [5, 5.41) is 0. The van der Waals surface area contributed by atoms with Crippen LogP contribution in [0.2, 0.25) is 0 Å². The fourth-order valence-corrected chi connectivity index (χ4v) is 2.90. The highest BCUT2D eigenvalue weighted by atomic mass is 15.2. The number of rotatable bonds is 7. The van der Waals surface area contributed by atoms with Crippen molar-refractivity contribution < 1.29 is 0 Å². The molecule has 0 aliphatic heterocycles. The lowest BCUT2D eigenvalue weighted by atomic mass is 9.87. The topological polar surface area (TPSA) is 6.48 Å². The van der Waals surface area contributed by atoms with Crippen molar-refractivity contribution in [2.24, 2.45) is 0 Å². The monoisotopic (exact) mass is 324 g/mol. The number of likely N-dealkylation sites (N-methyl/N-ethyl adjacent to an activating group) is 2. The zero-order valence-electron chi connectivity index (χ0n) is 15.9. The molecule has 0 N–H and O–H groups in total. The summed E-state index contributed by atoms with van der Waals surface area (Å²) in [7, 11) is 2.20. The molecule has 0 aliphatic carbocycles. The van der Waals surface area contributed by atoms with Crippen LogP contribution in [-0.2, 0) is 12.0 Å². The van der Waals surface area contributed by atoms with Crippen molar-refractivity contribution in [2.45, 2.75) is 39.7 Å². The van der Waals surface area contributed by atoms with E-state index >= 15 is 0 Å². The Bertz CT molecular complexity index is 596. The van der Waals surface area contributed by atoms with Crippen LogP contribution in [0.3, 0.4) is 0 Å². The second kappa shape index (κ2) is 8.34. The predicted molar refractivity (Wildman–Crippen MR) is 106 cm³/mol. The van der Waals surface area contributed by atoms with Crippen LogP contribution in [-0.4, -0.2) is 31.6 Å². The van der Waals surface area contributed by atoms with Crippen LogP contribution in [0, 0.1) is 0 Å². The zero-order valence-corrected chi connectivity index (χ0v) is 15.9. The molecule has 0 aromatic heterocycles. The largest absolute Gasteiger partial charge is 0.371 e. The van der Waals surface area contributed by atoms with Crippen LogP contribution in [0.15, 0.2) is 54.6 Å². The van der Waals surface area contributed by atoms with Crippen molar-refractivity contribution in [1.29, 1.82) is 0 Å². The summed E-state index contributed by atoms with van der Waals surface area (Å²) in [6.45, 7) is 13.2. The lowest BCUT2D eigenvalue weighted by Gasteiger charge is -2.26. The number of hydrogen-bond acceptors (Lipinski definition) is 2. The molecule has 0 unspecified atom stereocenters. The quantitative estimate of drug-likeness (QED) is 0.711. The van der Waals surface area contributed by atoms with Gasteiger partial charge in [0.1, 0.15) is 0 Å². The summed E-state index contributed by atoms with van der Waals surface area (Å²) in [5.41, 5.74) is 4.31. The second-order valence-electron chi connectivity index (χ2n) is 7.60. The molecule has 2 rings (SSSR count). The van der Waals surface area contributed by atoms with Gasteiger partial charge in [0.15, 0.2) is 0 Å². The van der Waals surface area contributed by atoms with Crippen LogP contribution in [0.1, 0.15) is 38.8 Å². The maximum Gasteiger partial charge on any atom is 0.0366 e. The highest BCUT2D eigenvalue weighted by Crippen LogP contribution is 2.22. The third kappa shape index (κ3) is 5.38. The van der Waals surface area contributed by atoms with Crippen molar-refractivity contribution in [1.82, 2.24) is 4.90 Å². The normalized spacial score (nSPS) is 11.8. The minimum absolute atomic E-state index is 0.224. The molecule has 0 saturated heterocycles. The number of para-hydroxylation sites is 1. The predicted octanol–water partition coefficient (Wildman–Crippen LogP) is 4.94. The van der Waals surface area contributed by atoms with Crippen LogP contribution in [0.4, 0.5) is 5.69 Å². The summed E-state index contributed by atoms with van der Waals surface area (Å²) >= 11 is 0.